The Morgan fingerprint density at radius 1 is 0.955 bits per heavy atom. The van der Waals surface area contributed by atoms with Gasteiger partial charge in [-0.2, -0.15) is 4.31 Å². The van der Waals surface area contributed by atoms with Gasteiger partial charge in [0.25, 0.3) is 0 Å². The molecule has 0 unspecified atom stereocenters. The van der Waals surface area contributed by atoms with Gasteiger partial charge in [-0.25, -0.2) is 21.6 Å². The van der Waals surface area contributed by atoms with Crippen molar-refractivity contribution in [3.8, 4) is 0 Å². The number of rotatable bonds is 2. The van der Waals surface area contributed by atoms with Gasteiger partial charge in [-0.3, -0.25) is 0 Å². The molecule has 1 saturated carbocycles. The maximum atomic E-state index is 13.8. The highest BCUT2D eigenvalue weighted by Crippen LogP contribution is 2.38. The van der Waals surface area contributed by atoms with Gasteiger partial charge >= 0.3 is 0 Å². The second-order valence-electron chi connectivity index (χ2n) is 6.13. The minimum atomic E-state index is -4.13. The van der Waals surface area contributed by atoms with Crippen LogP contribution in [-0.2, 0) is 10.0 Å². The zero-order valence-corrected chi connectivity index (χ0v) is 12.9. The predicted molar refractivity (Wildman–Crippen MR) is 75.1 cm³/mol. The molecular weight excluding hydrogens is 315 g/mol. The Morgan fingerprint density at radius 2 is 1.64 bits per heavy atom. The van der Waals surface area contributed by atoms with Crippen LogP contribution in [0.2, 0.25) is 0 Å². The summed E-state index contributed by atoms with van der Waals surface area (Å²) in [6.45, 7) is 0.646. The van der Waals surface area contributed by atoms with Crippen molar-refractivity contribution in [2.75, 3.05) is 13.1 Å². The van der Waals surface area contributed by atoms with Gasteiger partial charge in [0.1, 0.15) is 4.90 Å². The quantitative estimate of drug-likeness (QED) is 0.779. The van der Waals surface area contributed by atoms with Crippen molar-refractivity contribution in [2.45, 2.75) is 37.0 Å². The number of piperidine rings is 1. The third-order valence-electron chi connectivity index (χ3n) is 4.87. The smallest absolute Gasteiger partial charge is 0.207 e. The fourth-order valence-electron chi connectivity index (χ4n) is 3.63. The van der Waals surface area contributed by atoms with Crippen LogP contribution >= 0.6 is 0 Å². The van der Waals surface area contributed by atoms with Crippen molar-refractivity contribution < 1.29 is 21.6 Å². The molecule has 2 fully saturated rings. The first-order valence-electron chi connectivity index (χ1n) is 7.55. The van der Waals surface area contributed by atoms with Crippen molar-refractivity contribution in [3.05, 3.63) is 29.6 Å². The molecule has 0 amide bonds. The largest absolute Gasteiger partial charge is 0.246 e. The molecule has 0 radical (unpaired) electrons. The van der Waals surface area contributed by atoms with Gasteiger partial charge in [-0.1, -0.05) is 19.3 Å². The van der Waals surface area contributed by atoms with Crippen molar-refractivity contribution in [3.63, 3.8) is 0 Å². The van der Waals surface area contributed by atoms with Gasteiger partial charge in [0.15, 0.2) is 17.5 Å². The highest BCUT2D eigenvalue weighted by molar-refractivity contribution is 7.89. The zero-order valence-electron chi connectivity index (χ0n) is 12.1. The molecule has 0 spiro atoms. The summed E-state index contributed by atoms with van der Waals surface area (Å²) in [6, 6.07) is 1.45. The number of hydrogen-bond donors (Lipinski definition) is 0. The lowest BCUT2D eigenvalue weighted by atomic mass is 9.76. The molecule has 2 atom stereocenters. The lowest BCUT2D eigenvalue weighted by Gasteiger charge is -2.40. The Bertz CT molecular complexity index is 678. The number of hydrogen-bond acceptors (Lipinski definition) is 2. The van der Waals surface area contributed by atoms with Gasteiger partial charge in [-0.05, 0) is 36.8 Å². The lowest BCUT2D eigenvalue weighted by Crippen LogP contribution is -2.44. The van der Waals surface area contributed by atoms with E-state index in [1.165, 1.54) is 10.7 Å². The van der Waals surface area contributed by atoms with Crippen molar-refractivity contribution >= 4 is 10.0 Å². The zero-order chi connectivity index (χ0) is 15.9. The first kappa shape index (κ1) is 15.8. The fourth-order valence-corrected chi connectivity index (χ4v) is 5.20. The van der Waals surface area contributed by atoms with E-state index in [4.69, 9.17) is 0 Å². The highest BCUT2D eigenvalue weighted by Gasteiger charge is 2.38. The topological polar surface area (TPSA) is 37.4 Å². The maximum absolute atomic E-state index is 13.8. The van der Waals surface area contributed by atoms with Crippen molar-refractivity contribution in [1.29, 1.82) is 0 Å². The van der Waals surface area contributed by atoms with E-state index in [0.717, 1.165) is 31.7 Å². The molecule has 7 heteroatoms. The predicted octanol–water partition coefficient (Wildman–Crippen LogP) is 3.30. The number of sulfonamides is 1. The van der Waals surface area contributed by atoms with Crippen LogP contribution in [0.25, 0.3) is 0 Å². The summed E-state index contributed by atoms with van der Waals surface area (Å²) in [5.74, 6) is -3.96. The molecule has 22 heavy (non-hydrogen) atoms. The van der Waals surface area contributed by atoms with Crippen LogP contribution in [0.15, 0.2) is 17.0 Å². The molecule has 1 aliphatic carbocycles. The molecule has 1 saturated heterocycles. The van der Waals surface area contributed by atoms with E-state index in [9.17, 15) is 21.6 Å². The van der Waals surface area contributed by atoms with E-state index in [-0.39, 0.29) is 5.92 Å². The molecule has 1 heterocycles. The average Bonchev–Trinajstić information content (AvgIpc) is 2.52. The van der Waals surface area contributed by atoms with Gasteiger partial charge < -0.3 is 0 Å². The van der Waals surface area contributed by atoms with Crippen LogP contribution in [0.3, 0.4) is 0 Å². The van der Waals surface area contributed by atoms with Crippen molar-refractivity contribution in [2.24, 2.45) is 11.8 Å². The second kappa shape index (κ2) is 5.85. The normalized spacial score (nSPS) is 26.7. The maximum Gasteiger partial charge on any atom is 0.246 e. The number of nitrogens with zero attached hydrogens (tertiary/aromatic N) is 1. The lowest BCUT2D eigenvalue weighted by molar-refractivity contribution is 0.136. The summed E-state index contributed by atoms with van der Waals surface area (Å²) in [5, 5.41) is 0. The molecule has 3 rings (SSSR count). The molecule has 1 aromatic rings. The first-order valence-corrected chi connectivity index (χ1v) is 8.99. The molecule has 122 valence electrons. The molecular formula is C15H18F3NO2S. The fraction of sp³-hybridized carbons (Fsp3) is 0.600. The third kappa shape index (κ3) is 2.65. The minimum absolute atomic E-state index is 0.283. The van der Waals surface area contributed by atoms with E-state index in [1.54, 1.807) is 0 Å². The Balaban J connectivity index is 1.89. The standard InChI is InChI=1S/C15H18F3NO2S/c16-12-5-6-13(15(18)14(12)17)22(20,21)19-8-7-10-3-1-2-4-11(10)9-19/h5-6,10-11H,1-4,7-9H2/t10-,11-/m1/s1. The van der Waals surface area contributed by atoms with Crippen molar-refractivity contribution in [1.82, 2.24) is 4.31 Å². The van der Waals surface area contributed by atoms with E-state index in [0.29, 0.717) is 25.1 Å². The number of halogens is 3. The van der Waals surface area contributed by atoms with E-state index >= 15 is 0 Å². The Kier molecular flexibility index (Phi) is 4.20. The molecule has 3 nitrogen and oxygen atoms in total. The summed E-state index contributed by atoms with van der Waals surface area (Å²) < 4.78 is 66.4. The van der Waals surface area contributed by atoms with Crippen LogP contribution in [0.1, 0.15) is 32.1 Å². The number of benzene rings is 1. The molecule has 1 aliphatic heterocycles. The van der Waals surface area contributed by atoms with E-state index in [2.05, 4.69) is 0 Å². The molecule has 0 bridgehead atoms. The molecule has 0 aromatic heterocycles. The highest BCUT2D eigenvalue weighted by atomic mass is 32.2. The van der Waals surface area contributed by atoms with Gasteiger partial charge in [-0.15, -0.1) is 0 Å². The van der Waals surface area contributed by atoms with Crippen LogP contribution in [0, 0.1) is 29.3 Å². The third-order valence-corrected chi connectivity index (χ3v) is 6.75. The van der Waals surface area contributed by atoms with Crippen LogP contribution in [0.4, 0.5) is 13.2 Å². The Morgan fingerprint density at radius 3 is 2.36 bits per heavy atom. The summed E-state index contributed by atoms with van der Waals surface area (Å²) in [4.78, 5) is -0.777. The summed E-state index contributed by atoms with van der Waals surface area (Å²) >= 11 is 0. The van der Waals surface area contributed by atoms with Crippen LogP contribution in [-0.4, -0.2) is 25.8 Å². The second-order valence-corrected chi connectivity index (χ2v) is 8.04. The van der Waals surface area contributed by atoms with E-state index < -0.39 is 32.4 Å². The summed E-state index contributed by atoms with van der Waals surface area (Å²) in [6.07, 6.45) is 5.07. The van der Waals surface area contributed by atoms with Crippen LogP contribution < -0.4 is 0 Å². The number of fused-ring (bicyclic) bond motifs is 1. The summed E-state index contributed by atoms with van der Waals surface area (Å²) in [5.41, 5.74) is 0. The minimum Gasteiger partial charge on any atom is -0.207 e. The monoisotopic (exact) mass is 333 g/mol. The molecule has 0 N–H and O–H groups in total. The van der Waals surface area contributed by atoms with E-state index in [1.807, 2.05) is 0 Å². The van der Waals surface area contributed by atoms with Gasteiger partial charge in [0.05, 0.1) is 0 Å². The SMILES string of the molecule is O=S(=O)(c1ccc(F)c(F)c1F)N1CC[C@H]2CCCC[C@@H]2C1. The Labute approximate surface area is 128 Å². The molecule has 2 aliphatic rings. The van der Waals surface area contributed by atoms with Gasteiger partial charge in [0, 0.05) is 13.1 Å². The Hall–Kier alpha value is -1.08. The van der Waals surface area contributed by atoms with Crippen LogP contribution in [0.5, 0.6) is 0 Å². The summed E-state index contributed by atoms with van der Waals surface area (Å²) in [7, 11) is -4.13. The average molecular weight is 333 g/mol. The molecule has 1 aromatic carbocycles. The first-order chi connectivity index (χ1) is 10.4. The van der Waals surface area contributed by atoms with Gasteiger partial charge in [0.2, 0.25) is 10.0 Å².